The molecule has 12 rings (SSSR count). The fourth-order valence-corrected chi connectivity index (χ4v) is 7.90. The summed E-state index contributed by atoms with van der Waals surface area (Å²) < 4.78 is 23.9. The molecule has 0 aliphatic carbocycles. The summed E-state index contributed by atoms with van der Waals surface area (Å²) in [5, 5.41) is 18.3. The zero-order valence-corrected chi connectivity index (χ0v) is 32.1. The Labute approximate surface area is 343 Å². The molecule has 8 aromatic carbocycles. The number of aryl methyl sites for hydroxylation is 1. The number of benzene rings is 8. The molecule has 0 saturated heterocycles. The number of furan rings is 4. The summed E-state index contributed by atoms with van der Waals surface area (Å²) in [5.41, 5.74) is 11.0. The van der Waals surface area contributed by atoms with E-state index >= 15 is 0 Å². The van der Waals surface area contributed by atoms with E-state index in [1.165, 1.54) is 0 Å². The molecule has 0 saturated carbocycles. The third kappa shape index (κ3) is 6.28. The summed E-state index contributed by atoms with van der Waals surface area (Å²) in [5.74, 6) is 0. The first-order chi connectivity index (χ1) is 28.5. The molecule has 4 N–H and O–H groups in total. The number of nitriles is 1. The van der Waals surface area contributed by atoms with Crippen LogP contribution < -0.4 is 5.46 Å². The SMILES string of the molecule is N#Cc1ccc2c(oc3ccccc32)c1-c1cccc2c1oc1ccccc12.O.O.[B]c1cccc2c1oc1ccccc12.[C-]#[N+]c1ccc2c(oc3ccccc32)c1C. The Morgan fingerprint density at radius 3 is 1.43 bits per heavy atom. The van der Waals surface area contributed by atoms with Crippen LogP contribution in [0.25, 0.3) is 104 Å². The lowest BCUT2D eigenvalue weighted by molar-refractivity contribution is 0.665. The molecule has 4 heterocycles. The Morgan fingerprint density at radius 2 is 0.883 bits per heavy atom. The van der Waals surface area contributed by atoms with Crippen LogP contribution in [0, 0.1) is 24.8 Å². The van der Waals surface area contributed by atoms with Gasteiger partial charge < -0.3 is 28.6 Å². The van der Waals surface area contributed by atoms with E-state index in [0.29, 0.717) is 22.3 Å². The molecule has 12 aromatic rings. The molecular formula is C51H33BN2O6. The lowest BCUT2D eigenvalue weighted by Gasteiger charge is -2.06. The first-order valence-electron chi connectivity index (χ1n) is 18.7. The van der Waals surface area contributed by atoms with Crippen molar-refractivity contribution in [1.29, 1.82) is 5.26 Å². The predicted molar refractivity (Wildman–Crippen MR) is 242 cm³/mol. The Balaban J connectivity index is 0.000000133. The second-order valence-corrected chi connectivity index (χ2v) is 14.0. The minimum Gasteiger partial charge on any atom is -0.457 e. The lowest BCUT2D eigenvalue weighted by Crippen LogP contribution is -2.00. The molecule has 9 heteroatoms. The fourth-order valence-electron chi connectivity index (χ4n) is 7.90. The predicted octanol–water partition coefficient (Wildman–Crippen LogP) is 12.2. The van der Waals surface area contributed by atoms with E-state index in [4.69, 9.17) is 32.1 Å². The number of fused-ring (bicyclic) bond motifs is 12. The van der Waals surface area contributed by atoms with Crippen molar-refractivity contribution in [2.45, 2.75) is 6.92 Å². The smallest absolute Gasteiger partial charge is 0.193 e. The first kappa shape index (κ1) is 38.8. The maximum Gasteiger partial charge on any atom is 0.193 e. The number of hydrogen-bond acceptors (Lipinski definition) is 5. The van der Waals surface area contributed by atoms with Gasteiger partial charge in [-0.2, -0.15) is 5.26 Å². The highest BCUT2D eigenvalue weighted by Crippen LogP contribution is 2.42. The minimum atomic E-state index is 0. The second kappa shape index (κ2) is 15.7. The molecule has 0 spiro atoms. The van der Waals surface area contributed by atoms with Gasteiger partial charge in [0, 0.05) is 54.2 Å². The number of nitrogens with zero attached hydrogens (tertiary/aromatic N) is 2. The highest BCUT2D eigenvalue weighted by Gasteiger charge is 2.20. The third-order valence-electron chi connectivity index (χ3n) is 10.7. The van der Waals surface area contributed by atoms with Gasteiger partial charge in [0.25, 0.3) is 0 Å². The van der Waals surface area contributed by atoms with Gasteiger partial charge in [-0.1, -0.05) is 127 Å². The lowest BCUT2D eigenvalue weighted by atomic mass is 9.94. The van der Waals surface area contributed by atoms with Gasteiger partial charge >= 0.3 is 0 Å². The maximum absolute atomic E-state index is 9.80. The average Bonchev–Trinajstić information content (AvgIpc) is 4.05. The van der Waals surface area contributed by atoms with Gasteiger partial charge in [0.15, 0.2) is 5.69 Å². The molecule has 0 bridgehead atoms. The van der Waals surface area contributed by atoms with Crippen molar-refractivity contribution in [3.63, 3.8) is 0 Å². The van der Waals surface area contributed by atoms with Gasteiger partial charge in [-0.15, -0.1) is 0 Å². The number of rotatable bonds is 1. The second-order valence-electron chi connectivity index (χ2n) is 14.0. The molecule has 60 heavy (non-hydrogen) atoms. The van der Waals surface area contributed by atoms with Gasteiger partial charge in [0.05, 0.1) is 18.2 Å². The highest BCUT2D eigenvalue weighted by molar-refractivity contribution is 6.39. The highest BCUT2D eigenvalue weighted by atomic mass is 16.3. The van der Waals surface area contributed by atoms with E-state index in [9.17, 15) is 5.26 Å². The van der Waals surface area contributed by atoms with Gasteiger partial charge in [0.1, 0.15) is 52.5 Å². The quantitative estimate of drug-likeness (QED) is 0.120. The van der Waals surface area contributed by atoms with Crippen LogP contribution in [0.15, 0.2) is 175 Å². The molecule has 0 aliphatic rings. The van der Waals surface area contributed by atoms with E-state index in [2.05, 4.69) is 23.0 Å². The van der Waals surface area contributed by atoms with Crippen molar-refractivity contribution in [1.82, 2.24) is 0 Å². The van der Waals surface area contributed by atoms with Crippen molar-refractivity contribution >= 4 is 107 Å². The van der Waals surface area contributed by atoms with E-state index in [1.54, 1.807) is 0 Å². The summed E-state index contributed by atoms with van der Waals surface area (Å²) in [6, 6.07) is 53.7. The van der Waals surface area contributed by atoms with Crippen molar-refractivity contribution in [3.05, 3.63) is 180 Å². The van der Waals surface area contributed by atoms with Crippen LogP contribution >= 0.6 is 0 Å². The number of hydrogen-bond donors (Lipinski definition) is 0. The van der Waals surface area contributed by atoms with E-state index in [-0.39, 0.29) is 11.0 Å². The summed E-state index contributed by atoms with van der Waals surface area (Å²) in [7, 11) is 5.83. The van der Waals surface area contributed by atoms with Crippen LogP contribution in [-0.4, -0.2) is 18.8 Å². The third-order valence-corrected chi connectivity index (χ3v) is 10.7. The van der Waals surface area contributed by atoms with Crippen LogP contribution in [0.5, 0.6) is 0 Å². The van der Waals surface area contributed by atoms with Crippen molar-refractivity contribution in [3.8, 4) is 17.2 Å². The normalized spacial score (nSPS) is 10.8. The van der Waals surface area contributed by atoms with Crippen molar-refractivity contribution < 1.29 is 28.6 Å². The molecule has 286 valence electrons. The average molecular weight is 781 g/mol. The zero-order valence-electron chi connectivity index (χ0n) is 32.1. The summed E-state index contributed by atoms with van der Waals surface area (Å²) in [6.45, 7) is 9.01. The van der Waals surface area contributed by atoms with Gasteiger partial charge in [-0.3, -0.25) is 0 Å². The van der Waals surface area contributed by atoms with Crippen LogP contribution in [0.3, 0.4) is 0 Å². The Bertz CT molecular complexity index is 3650. The summed E-state index contributed by atoms with van der Waals surface area (Å²) in [6.07, 6.45) is 0. The van der Waals surface area contributed by atoms with Gasteiger partial charge in [-0.05, 0) is 48.9 Å². The summed E-state index contributed by atoms with van der Waals surface area (Å²) >= 11 is 0. The minimum absolute atomic E-state index is 0. The molecule has 2 radical (unpaired) electrons. The number of para-hydroxylation sites is 6. The van der Waals surface area contributed by atoms with E-state index in [0.717, 1.165) is 98.9 Å². The van der Waals surface area contributed by atoms with Crippen LogP contribution in [0.1, 0.15) is 11.1 Å². The Kier molecular flexibility index (Phi) is 10.1. The van der Waals surface area contributed by atoms with Gasteiger partial charge in [0.2, 0.25) is 0 Å². The molecule has 0 unspecified atom stereocenters. The fraction of sp³-hybridized carbons (Fsp3) is 0.0196. The monoisotopic (exact) mass is 780 g/mol. The largest absolute Gasteiger partial charge is 0.457 e. The molecule has 8 nitrogen and oxygen atoms in total. The van der Waals surface area contributed by atoms with Gasteiger partial charge in [-0.25, -0.2) is 4.85 Å². The van der Waals surface area contributed by atoms with Crippen LogP contribution in [0.2, 0.25) is 0 Å². The molecule has 0 fully saturated rings. The van der Waals surface area contributed by atoms with E-state index < -0.39 is 0 Å². The van der Waals surface area contributed by atoms with Crippen LogP contribution in [0.4, 0.5) is 5.69 Å². The van der Waals surface area contributed by atoms with E-state index in [1.807, 2.05) is 153 Å². The molecule has 4 aromatic heterocycles. The van der Waals surface area contributed by atoms with Crippen molar-refractivity contribution in [2.75, 3.05) is 0 Å². The van der Waals surface area contributed by atoms with Crippen LogP contribution in [-0.2, 0) is 0 Å². The maximum atomic E-state index is 9.80. The molecule has 0 aliphatic heterocycles. The summed E-state index contributed by atoms with van der Waals surface area (Å²) in [4.78, 5) is 3.48. The Hall–Kier alpha value is -8.08. The Morgan fingerprint density at radius 1 is 0.467 bits per heavy atom. The topological polar surface area (TPSA) is 144 Å². The molecular weight excluding hydrogens is 747 g/mol. The molecule has 0 amide bonds. The first-order valence-corrected chi connectivity index (χ1v) is 18.7. The standard InChI is InChI=1S/C25H13NO2.C14H9NO.C12H7BO.2H2O/c26-14-15-12-13-19-17-7-2-4-11-22(17)28-25(19)23(15)20-9-5-8-18-16-6-1-3-10-21(16)27-24(18)20;1-9-12(15-2)8-7-11-10-5-3-4-6-13(10)16-14(9)11;13-10-6-3-5-9-8-4-1-2-7-11(8)14-12(9)10;;/h1-13H;3-8H,1H3;1-7H;2*1H2. The zero-order chi connectivity index (χ0) is 39.3. The van der Waals surface area contributed by atoms with Crippen molar-refractivity contribution in [2.24, 2.45) is 0 Å². The molecule has 0 atom stereocenters.